The SMILES string of the molecule is CCC1CNC2(CCCC2)CN1c1ccc(C)nc1. The first-order valence-corrected chi connectivity index (χ1v) is 7.67. The molecule has 0 bridgehead atoms. The highest BCUT2D eigenvalue weighted by atomic mass is 15.3. The van der Waals surface area contributed by atoms with Crippen LogP contribution < -0.4 is 10.2 Å². The first-order valence-electron chi connectivity index (χ1n) is 7.67. The molecule has 0 amide bonds. The summed E-state index contributed by atoms with van der Waals surface area (Å²) >= 11 is 0. The quantitative estimate of drug-likeness (QED) is 0.885. The van der Waals surface area contributed by atoms with Gasteiger partial charge in [-0.25, -0.2) is 0 Å². The Labute approximate surface area is 116 Å². The molecule has 3 heteroatoms. The van der Waals surface area contributed by atoms with E-state index in [-0.39, 0.29) is 0 Å². The molecular formula is C16H25N3. The number of pyridine rings is 1. The van der Waals surface area contributed by atoms with Crippen LogP contribution in [0.3, 0.4) is 0 Å². The van der Waals surface area contributed by atoms with Crippen molar-refractivity contribution in [1.29, 1.82) is 0 Å². The maximum atomic E-state index is 4.48. The van der Waals surface area contributed by atoms with Gasteiger partial charge >= 0.3 is 0 Å². The van der Waals surface area contributed by atoms with Gasteiger partial charge in [0.15, 0.2) is 0 Å². The fraction of sp³-hybridized carbons (Fsp3) is 0.688. The summed E-state index contributed by atoms with van der Waals surface area (Å²) in [6.45, 7) is 6.60. The number of nitrogens with zero attached hydrogens (tertiary/aromatic N) is 2. The lowest BCUT2D eigenvalue weighted by Gasteiger charge is -2.47. The van der Waals surface area contributed by atoms with E-state index in [1.165, 1.54) is 37.8 Å². The van der Waals surface area contributed by atoms with Crippen LogP contribution in [0, 0.1) is 6.92 Å². The van der Waals surface area contributed by atoms with Crippen molar-refractivity contribution in [2.45, 2.75) is 57.5 Å². The van der Waals surface area contributed by atoms with Crippen LogP contribution in [0.1, 0.15) is 44.7 Å². The molecule has 19 heavy (non-hydrogen) atoms. The Kier molecular flexibility index (Phi) is 3.48. The van der Waals surface area contributed by atoms with Gasteiger partial charge in [0.1, 0.15) is 0 Å². The van der Waals surface area contributed by atoms with Crippen molar-refractivity contribution < 1.29 is 0 Å². The molecule has 1 spiro atoms. The fourth-order valence-electron chi connectivity index (χ4n) is 3.64. The van der Waals surface area contributed by atoms with Crippen molar-refractivity contribution in [2.24, 2.45) is 0 Å². The highest BCUT2D eigenvalue weighted by Gasteiger charge is 2.40. The molecule has 3 rings (SSSR count). The molecule has 0 aromatic carbocycles. The molecule has 1 aliphatic heterocycles. The zero-order chi connectivity index (χ0) is 13.3. The Morgan fingerprint density at radius 2 is 2.16 bits per heavy atom. The average molecular weight is 259 g/mol. The number of rotatable bonds is 2. The summed E-state index contributed by atoms with van der Waals surface area (Å²) in [6, 6.07) is 4.97. The smallest absolute Gasteiger partial charge is 0.0556 e. The molecule has 1 unspecified atom stereocenters. The first-order chi connectivity index (χ1) is 9.22. The van der Waals surface area contributed by atoms with Crippen molar-refractivity contribution in [3.8, 4) is 0 Å². The minimum atomic E-state index is 0.372. The van der Waals surface area contributed by atoms with Crippen molar-refractivity contribution in [3.63, 3.8) is 0 Å². The van der Waals surface area contributed by atoms with Gasteiger partial charge in [-0.1, -0.05) is 19.8 Å². The molecule has 1 saturated heterocycles. The molecule has 1 atom stereocenters. The van der Waals surface area contributed by atoms with E-state index in [4.69, 9.17) is 0 Å². The van der Waals surface area contributed by atoms with E-state index >= 15 is 0 Å². The second-order valence-electron chi connectivity index (χ2n) is 6.22. The Hall–Kier alpha value is -1.09. The van der Waals surface area contributed by atoms with Crippen molar-refractivity contribution >= 4 is 5.69 Å². The molecule has 3 nitrogen and oxygen atoms in total. The normalized spacial score (nSPS) is 26.0. The average Bonchev–Trinajstić information content (AvgIpc) is 2.88. The maximum absolute atomic E-state index is 4.48. The van der Waals surface area contributed by atoms with Gasteiger partial charge in [0.2, 0.25) is 0 Å². The highest BCUT2D eigenvalue weighted by molar-refractivity contribution is 5.47. The van der Waals surface area contributed by atoms with Gasteiger partial charge < -0.3 is 10.2 Å². The van der Waals surface area contributed by atoms with Crippen molar-refractivity contribution in [1.82, 2.24) is 10.3 Å². The second kappa shape index (κ2) is 5.12. The van der Waals surface area contributed by atoms with E-state index in [2.05, 4.69) is 41.2 Å². The monoisotopic (exact) mass is 259 g/mol. The van der Waals surface area contributed by atoms with Gasteiger partial charge in [0.25, 0.3) is 0 Å². The van der Waals surface area contributed by atoms with Crippen molar-refractivity contribution in [3.05, 3.63) is 24.0 Å². The minimum Gasteiger partial charge on any atom is -0.364 e. The summed E-state index contributed by atoms with van der Waals surface area (Å²) < 4.78 is 0. The topological polar surface area (TPSA) is 28.2 Å². The van der Waals surface area contributed by atoms with Crippen LogP contribution in [0.2, 0.25) is 0 Å². The van der Waals surface area contributed by atoms with Crippen LogP contribution in [0.4, 0.5) is 5.69 Å². The van der Waals surface area contributed by atoms with Gasteiger partial charge in [-0.3, -0.25) is 4.98 Å². The number of anilines is 1. The van der Waals surface area contributed by atoms with E-state index in [9.17, 15) is 0 Å². The Morgan fingerprint density at radius 1 is 1.37 bits per heavy atom. The summed E-state index contributed by atoms with van der Waals surface area (Å²) in [5, 5.41) is 3.84. The van der Waals surface area contributed by atoms with Gasteiger partial charge in [-0.15, -0.1) is 0 Å². The molecule has 104 valence electrons. The van der Waals surface area contributed by atoms with Crippen LogP contribution in [0.15, 0.2) is 18.3 Å². The molecule has 1 aliphatic carbocycles. The molecule has 2 aliphatic rings. The molecule has 2 fully saturated rings. The van der Waals surface area contributed by atoms with Gasteiger partial charge in [-0.05, 0) is 38.3 Å². The zero-order valence-electron chi connectivity index (χ0n) is 12.2. The van der Waals surface area contributed by atoms with Gasteiger partial charge in [0, 0.05) is 30.4 Å². The predicted octanol–water partition coefficient (Wildman–Crippen LogP) is 2.89. The molecule has 1 N–H and O–H groups in total. The molecule has 1 aromatic rings. The van der Waals surface area contributed by atoms with Crippen LogP contribution in [0.25, 0.3) is 0 Å². The lowest BCUT2D eigenvalue weighted by Crippen LogP contribution is -2.63. The lowest BCUT2D eigenvalue weighted by atomic mass is 9.91. The Bertz CT molecular complexity index is 420. The van der Waals surface area contributed by atoms with E-state index in [1.54, 1.807) is 0 Å². The van der Waals surface area contributed by atoms with Gasteiger partial charge in [-0.2, -0.15) is 0 Å². The van der Waals surface area contributed by atoms with Crippen molar-refractivity contribution in [2.75, 3.05) is 18.0 Å². The first kappa shape index (κ1) is 12.9. The van der Waals surface area contributed by atoms with Crippen LogP contribution in [-0.2, 0) is 0 Å². The highest BCUT2D eigenvalue weighted by Crippen LogP contribution is 2.35. The number of hydrogen-bond donors (Lipinski definition) is 1. The summed E-state index contributed by atoms with van der Waals surface area (Å²) in [5.74, 6) is 0. The van der Waals surface area contributed by atoms with E-state index in [0.717, 1.165) is 18.8 Å². The fourth-order valence-corrected chi connectivity index (χ4v) is 3.64. The standard InChI is InChI=1S/C16H25N3/c1-3-14-11-18-16(8-4-5-9-16)12-19(14)15-7-6-13(2)17-10-15/h6-7,10,14,18H,3-5,8-9,11-12H2,1-2H3. The lowest BCUT2D eigenvalue weighted by molar-refractivity contribution is 0.267. The maximum Gasteiger partial charge on any atom is 0.0556 e. The zero-order valence-corrected chi connectivity index (χ0v) is 12.2. The van der Waals surface area contributed by atoms with E-state index in [1.807, 2.05) is 6.20 Å². The molecular weight excluding hydrogens is 234 g/mol. The molecule has 2 heterocycles. The minimum absolute atomic E-state index is 0.372. The number of aromatic nitrogens is 1. The predicted molar refractivity (Wildman–Crippen MR) is 79.6 cm³/mol. The van der Waals surface area contributed by atoms with E-state index < -0.39 is 0 Å². The van der Waals surface area contributed by atoms with Crippen LogP contribution >= 0.6 is 0 Å². The van der Waals surface area contributed by atoms with E-state index in [0.29, 0.717) is 11.6 Å². The van der Waals surface area contributed by atoms with Crippen LogP contribution in [-0.4, -0.2) is 29.7 Å². The summed E-state index contributed by atoms with van der Waals surface area (Å²) in [7, 11) is 0. The number of aryl methyl sites for hydroxylation is 1. The molecule has 0 radical (unpaired) electrons. The Balaban J connectivity index is 1.84. The third-order valence-electron chi connectivity index (χ3n) is 4.89. The van der Waals surface area contributed by atoms with Gasteiger partial charge in [0.05, 0.1) is 11.9 Å². The molecule has 1 saturated carbocycles. The third-order valence-corrected chi connectivity index (χ3v) is 4.89. The van der Waals surface area contributed by atoms with Crippen LogP contribution in [0.5, 0.6) is 0 Å². The largest absolute Gasteiger partial charge is 0.364 e. The number of piperazine rings is 1. The number of hydrogen-bond acceptors (Lipinski definition) is 3. The summed E-state index contributed by atoms with van der Waals surface area (Å²) in [4.78, 5) is 7.07. The second-order valence-corrected chi connectivity index (χ2v) is 6.22. The number of nitrogens with one attached hydrogen (secondary N) is 1. The summed E-state index contributed by atoms with van der Waals surface area (Å²) in [6.07, 6.45) is 8.66. The third kappa shape index (κ3) is 2.48. The summed E-state index contributed by atoms with van der Waals surface area (Å²) in [5.41, 5.74) is 2.77. The Morgan fingerprint density at radius 3 is 2.79 bits per heavy atom. The molecule has 1 aromatic heterocycles.